The molecule has 0 bridgehead atoms. The second kappa shape index (κ2) is 6.17. The number of thiophene rings is 1. The Bertz CT molecular complexity index is 231. The molecule has 0 atom stereocenters. The molecule has 1 rings (SSSR count). The van der Waals surface area contributed by atoms with E-state index in [1.54, 1.807) is 0 Å². The Kier molecular flexibility index (Phi) is 5.15. The van der Waals surface area contributed by atoms with E-state index in [4.69, 9.17) is 5.73 Å². The van der Waals surface area contributed by atoms with Crippen LogP contribution < -0.4 is 5.73 Å². The van der Waals surface area contributed by atoms with Crippen LogP contribution >= 0.6 is 11.3 Å². The lowest BCUT2D eigenvalue weighted by atomic mass is 10.2. The Labute approximate surface area is 90.7 Å². The van der Waals surface area contributed by atoms with Gasteiger partial charge in [-0.25, -0.2) is 0 Å². The van der Waals surface area contributed by atoms with Crippen molar-refractivity contribution in [1.29, 1.82) is 0 Å². The first kappa shape index (κ1) is 11.7. The first-order valence-corrected chi connectivity index (χ1v) is 6.05. The lowest BCUT2D eigenvalue weighted by molar-refractivity contribution is 0.244. The summed E-state index contributed by atoms with van der Waals surface area (Å²) in [6, 6.07) is 4.30. The molecule has 0 aromatic carbocycles. The minimum Gasteiger partial charge on any atom is -0.329 e. The smallest absolute Gasteiger partial charge is 0.0328 e. The molecule has 0 spiro atoms. The van der Waals surface area contributed by atoms with Crippen LogP contribution in [-0.2, 0) is 6.54 Å². The highest BCUT2D eigenvalue weighted by Gasteiger charge is 2.07. The second-order valence-corrected chi connectivity index (χ2v) is 5.03. The molecular weight excluding hydrogens is 192 g/mol. The molecule has 2 nitrogen and oxygen atoms in total. The Morgan fingerprint density at radius 3 is 2.79 bits per heavy atom. The summed E-state index contributed by atoms with van der Waals surface area (Å²) in [5, 5.41) is 2.13. The summed E-state index contributed by atoms with van der Waals surface area (Å²) in [6.07, 6.45) is 0. The van der Waals surface area contributed by atoms with Crippen molar-refractivity contribution in [2.75, 3.05) is 19.6 Å². The summed E-state index contributed by atoms with van der Waals surface area (Å²) in [5.41, 5.74) is 5.60. The summed E-state index contributed by atoms with van der Waals surface area (Å²) >= 11 is 1.82. The highest BCUT2D eigenvalue weighted by molar-refractivity contribution is 7.09. The lowest BCUT2D eigenvalue weighted by Crippen LogP contribution is -2.31. The summed E-state index contributed by atoms with van der Waals surface area (Å²) in [7, 11) is 0. The largest absolute Gasteiger partial charge is 0.329 e. The zero-order valence-electron chi connectivity index (χ0n) is 9.07. The monoisotopic (exact) mass is 212 g/mol. The van der Waals surface area contributed by atoms with Gasteiger partial charge in [0.05, 0.1) is 0 Å². The van der Waals surface area contributed by atoms with Gasteiger partial charge in [0.25, 0.3) is 0 Å². The maximum absolute atomic E-state index is 5.60. The SMILES string of the molecule is CC(C)CN(CCN)Cc1cccs1. The maximum Gasteiger partial charge on any atom is 0.0328 e. The summed E-state index contributed by atoms with van der Waals surface area (Å²) < 4.78 is 0. The summed E-state index contributed by atoms with van der Waals surface area (Å²) in [6.45, 7) is 8.42. The van der Waals surface area contributed by atoms with Crippen molar-refractivity contribution < 1.29 is 0 Å². The van der Waals surface area contributed by atoms with Gasteiger partial charge in [0.2, 0.25) is 0 Å². The van der Waals surface area contributed by atoms with Crippen molar-refractivity contribution >= 4 is 11.3 Å². The molecule has 0 unspecified atom stereocenters. The first-order chi connectivity index (χ1) is 6.72. The van der Waals surface area contributed by atoms with Gasteiger partial charge < -0.3 is 5.73 Å². The molecule has 0 amide bonds. The van der Waals surface area contributed by atoms with Crippen LogP contribution in [0.4, 0.5) is 0 Å². The van der Waals surface area contributed by atoms with Gasteiger partial charge in [-0.05, 0) is 17.4 Å². The third kappa shape index (κ3) is 4.22. The van der Waals surface area contributed by atoms with Gasteiger partial charge in [0, 0.05) is 31.1 Å². The van der Waals surface area contributed by atoms with Crippen LogP contribution in [0.3, 0.4) is 0 Å². The zero-order chi connectivity index (χ0) is 10.4. The van der Waals surface area contributed by atoms with Gasteiger partial charge in [0.15, 0.2) is 0 Å². The number of rotatable bonds is 6. The van der Waals surface area contributed by atoms with Crippen LogP contribution in [0.5, 0.6) is 0 Å². The van der Waals surface area contributed by atoms with Crippen molar-refractivity contribution in [3.63, 3.8) is 0 Å². The average Bonchev–Trinajstić information content (AvgIpc) is 2.56. The normalized spacial score (nSPS) is 11.5. The molecule has 0 fully saturated rings. The predicted octanol–water partition coefficient (Wildman–Crippen LogP) is 2.16. The number of hydrogen-bond donors (Lipinski definition) is 1. The van der Waals surface area contributed by atoms with Gasteiger partial charge in [-0.3, -0.25) is 4.90 Å². The molecule has 2 N–H and O–H groups in total. The van der Waals surface area contributed by atoms with E-state index < -0.39 is 0 Å². The molecule has 0 aliphatic heterocycles. The summed E-state index contributed by atoms with van der Waals surface area (Å²) in [5.74, 6) is 0.710. The predicted molar refractivity (Wildman–Crippen MR) is 63.5 cm³/mol. The van der Waals surface area contributed by atoms with Crippen molar-refractivity contribution in [3.05, 3.63) is 22.4 Å². The van der Waals surface area contributed by atoms with Gasteiger partial charge in [0.1, 0.15) is 0 Å². The topological polar surface area (TPSA) is 29.3 Å². The van der Waals surface area contributed by atoms with Crippen molar-refractivity contribution in [1.82, 2.24) is 4.90 Å². The van der Waals surface area contributed by atoms with E-state index in [-0.39, 0.29) is 0 Å². The number of nitrogens with two attached hydrogens (primary N) is 1. The quantitative estimate of drug-likeness (QED) is 0.783. The average molecular weight is 212 g/mol. The minimum atomic E-state index is 0.710. The van der Waals surface area contributed by atoms with E-state index in [0.29, 0.717) is 5.92 Å². The fourth-order valence-electron chi connectivity index (χ4n) is 1.56. The Morgan fingerprint density at radius 2 is 2.29 bits per heavy atom. The second-order valence-electron chi connectivity index (χ2n) is 4.00. The first-order valence-electron chi connectivity index (χ1n) is 5.17. The molecule has 14 heavy (non-hydrogen) atoms. The van der Waals surface area contributed by atoms with Gasteiger partial charge in [-0.15, -0.1) is 11.3 Å². The molecule has 1 heterocycles. The third-order valence-electron chi connectivity index (χ3n) is 2.03. The highest BCUT2D eigenvalue weighted by atomic mass is 32.1. The Balaban J connectivity index is 2.42. The van der Waals surface area contributed by atoms with E-state index in [1.807, 2.05) is 11.3 Å². The van der Waals surface area contributed by atoms with Crippen molar-refractivity contribution in [2.24, 2.45) is 11.7 Å². The van der Waals surface area contributed by atoms with Crippen LogP contribution in [0.25, 0.3) is 0 Å². The molecular formula is C11H20N2S. The fraction of sp³-hybridized carbons (Fsp3) is 0.636. The molecule has 0 aliphatic carbocycles. The summed E-state index contributed by atoms with van der Waals surface area (Å²) in [4.78, 5) is 3.86. The van der Waals surface area contributed by atoms with Crippen LogP contribution in [0.2, 0.25) is 0 Å². The highest BCUT2D eigenvalue weighted by Crippen LogP contribution is 2.12. The van der Waals surface area contributed by atoms with E-state index >= 15 is 0 Å². The zero-order valence-corrected chi connectivity index (χ0v) is 9.89. The van der Waals surface area contributed by atoms with Gasteiger partial charge in [-0.1, -0.05) is 19.9 Å². The van der Waals surface area contributed by atoms with Gasteiger partial charge in [-0.2, -0.15) is 0 Å². The van der Waals surface area contributed by atoms with Crippen molar-refractivity contribution in [3.8, 4) is 0 Å². The van der Waals surface area contributed by atoms with E-state index in [0.717, 1.165) is 26.2 Å². The number of nitrogens with zero attached hydrogens (tertiary/aromatic N) is 1. The van der Waals surface area contributed by atoms with Crippen LogP contribution in [0.15, 0.2) is 17.5 Å². The molecule has 1 aromatic rings. The molecule has 0 saturated carbocycles. The van der Waals surface area contributed by atoms with E-state index in [9.17, 15) is 0 Å². The van der Waals surface area contributed by atoms with Crippen molar-refractivity contribution in [2.45, 2.75) is 20.4 Å². The molecule has 0 radical (unpaired) electrons. The maximum atomic E-state index is 5.60. The third-order valence-corrected chi connectivity index (χ3v) is 2.89. The molecule has 3 heteroatoms. The lowest BCUT2D eigenvalue weighted by Gasteiger charge is -2.22. The fourth-order valence-corrected chi connectivity index (χ4v) is 2.30. The standard InChI is InChI=1S/C11H20N2S/c1-10(2)8-13(6-5-12)9-11-4-3-7-14-11/h3-4,7,10H,5-6,8-9,12H2,1-2H3. The number of hydrogen-bond acceptors (Lipinski definition) is 3. The van der Waals surface area contributed by atoms with E-state index in [1.165, 1.54) is 4.88 Å². The molecule has 1 aromatic heterocycles. The van der Waals surface area contributed by atoms with Crippen LogP contribution in [0, 0.1) is 5.92 Å². The molecule has 80 valence electrons. The van der Waals surface area contributed by atoms with Crippen LogP contribution in [-0.4, -0.2) is 24.5 Å². The Hall–Kier alpha value is -0.380. The van der Waals surface area contributed by atoms with Crippen LogP contribution in [0.1, 0.15) is 18.7 Å². The molecule has 0 saturated heterocycles. The molecule has 0 aliphatic rings. The van der Waals surface area contributed by atoms with E-state index in [2.05, 4.69) is 36.3 Å². The Morgan fingerprint density at radius 1 is 1.50 bits per heavy atom. The van der Waals surface area contributed by atoms with Gasteiger partial charge >= 0.3 is 0 Å². The minimum absolute atomic E-state index is 0.710.